The molecule has 0 aromatic rings. The molecular formula is C7H14F3NS. The van der Waals surface area contributed by atoms with Crippen LogP contribution < -0.4 is 5.32 Å². The first kappa shape index (κ1) is 12.1. The topological polar surface area (TPSA) is 12.0 Å². The predicted octanol–water partition coefficient (Wildman–Crippen LogP) is 2.28. The molecule has 0 atom stereocenters. The zero-order valence-corrected chi connectivity index (χ0v) is 7.89. The second kappa shape index (κ2) is 6.60. The third kappa shape index (κ3) is 10.1. The highest BCUT2D eigenvalue weighted by Crippen LogP contribution is 2.12. The van der Waals surface area contributed by atoms with Gasteiger partial charge in [0.15, 0.2) is 0 Å². The molecule has 0 spiro atoms. The molecule has 0 amide bonds. The Bertz CT molecular complexity index is 105. The van der Waals surface area contributed by atoms with Crippen LogP contribution in [0.25, 0.3) is 0 Å². The van der Waals surface area contributed by atoms with Gasteiger partial charge in [-0.3, -0.25) is 0 Å². The lowest BCUT2D eigenvalue weighted by atomic mass is 10.6. The molecule has 1 nitrogen and oxygen atoms in total. The van der Waals surface area contributed by atoms with E-state index in [0.717, 1.165) is 17.9 Å². The van der Waals surface area contributed by atoms with E-state index >= 15 is 0 Å². The van der Waals surface area contributed by atoms with E-state index in [1.807, 2.05) is 0 Å². The molecule has 5 heteroatoms. The zero-order valence-electron chi connectivity index (χ0n) is 7.08. The Morgan fingerprint density at radius 1 is 1.25 bits per heavy atom. The summed E-state index contributed by atoms with van der Waals surface area (Å²) >= 11 is 1.67. The summed E-state index contributed by atoms with van der Waals surface area (Å²) in [6.07, 6.45) is -3.00. The molecule has 0 rings (SSSR count). The molecule has 74 valence electrons. The van der Waals surface area contributed by atoms with Crippen LogP contribution in [-0.2, 0) is 0 Å². The number of halogens is 3. The van der Waals surface area contributed by atoms with E-state index in [1.165, 1.54) is 0 Å². The molecule has 0 fully saturated rings. The van der Waals surface area contributed by atoms with E-state index in [9.17, 15) is 13.2 Å². The lowest BCUT2D eigenvalue weighted by Crippen LogP contribution is -2.30. The van der Waals surface area contributed by atoms with Gasteiger partial charge in [0.25, 0.3) is 0 Å². The van der Waals surface area contributed by atoms with Gasteiger partial charge in [-0.2, -0.15) is 24.9 Å². The van der Waals surface area contributed by atoms with Crippen LogP contribution >= 0.6 is 11.8 Å². The van der Waals surface area contributed by atoms with Crippen molar-refractivity contribution in [2.45, 2.75) is 19.5 Å². The van der Waals surface area contributed by atoms with Crippen molar-refractivity contribution in [3.63, 3.8) is 0 Å². The van der Waals surface area contributed by atoms with Crippen molar-refractivity contribution in [2.75, 3.05) is 24.6 Å². The Morgan fingerprint density at radius 3 is 2.42 bits per heavy atom. The molecule has 0 aliphatic heterocycles. The van der Waals surface area contributed by atoms with Gasteiger partial charge in [0, 0.05) is 12.3 Å². The fourth-order valence-corrected chi connectivity index (χ4v) is 1.40. The molecule has 0 heterocycles. The normalized spacial score (nSPS) is 12.0. The minimum Gasteiger partial charge on any atom is -0.308 e. The maximum absolute atomic E-state index is 11.6. The standard InChI is InChI=1S/C7H14F3NS/c1-2-4-12-5-3-11-6-7(8,9)10/h11H,2-6H2,1H3. The molecule has 0 unspecified atom stereocenters. The number of alkyl halides is 3. The van der Waals surface area contributed by atoms with Crippen molar-refractivity contribution in [2.24, 2.45) is 0 Å². The summed E-state index contributed by atoms with van der Waals surface area (Å²) in [6.45, 7) is 1.61. The second-order valence-corrected chi connectivity index (χ2v) is 3.63. The Kier molecular flexibility index (Phi) is 6.65. The van der Waals surface area contributed by atoms with Crippen LogP contribution in [0.5, 0.6) is 0 Å². The molecule has 0 bridgehead atoms. The van der Waals surface area contributed by atoms with Crippen LogP contribution in [0.3, 0.4) is 0 Å². The SMILES string of the molecule is CCCSCCNCC(F)(F)F. The Labute approximate surface area is 75.1 Å². The van der Waals surface area contributed by atoms with Crippen LogP contribution in [0.15, 0.2) is 0 Å². The Balaban J connectivity index is 3.01. The molecular weight excluding hydrogens is 187 g/mol. The Hall–Kier alpha value is 0.100. The average Bonchev–Trinajstić information content (AvgIpc) is 1.94. The maximum atomic E-state index is 11.6. The third-order valence-electron chi connectivity index (χ3n) is 1.10. The van der Waals surface area contributed by atoms with Crippen molar-refractivity contribution in [3.8, 4) is 0 Å². The maximum Gasteiger partial charge on any atom is 0.401 e. The van der Waals surface area contributed by atoms with Gasteiger partial charge in [0.05, 0.1) is 6.54 Å². The van der Waals surface area contributed by atoms with Crippen molar-refractivity contribution < 1.29 is 13.2 Å². The molecule has 12 heavy (non-hydrogen) atoms. The first-order chi connectivity index (χ1) is 5.56. The smallest absolute Gasteiger partial charge is 0.308 e. The monoisotopic (exact) mass is 201 g/mol. The lowest BCUT2D eigenvalue weighted by Gasteiger charge is -2.07. The molecule has 0 aliphatic rings. The van der Waals surface area contributed by atoms with Crippen LogP contribution in [0.4, 0.5) is 13.2 Å². The van der Waals surface area contributed by atoms with Gasteiger partial charge in [-0.15, -0.1) is 0 Å². The molecule has 1 N–H and O–H groups in total. The number of hydrogen-bond acceptors (Lipinski definition) is 2. The average molecular weight is 201 g/mol. The third-order valence-corrected chi connectivity index (χ3v) is 2.29. The first-order valence-electron chi connectivity index (χ1n) is 3.91. The van der Waals surface area contributed by atoms with E-state index in [1.54, 1.807) is 11.8 Å². The van der Waals surface area contributed by atoms with E-state index < -0.39 is 12.7 Å². The summed E-state index contributed by atoms with van der Waals surface area (Å²) in [5, 5.41) is 2.34. The molecule has 0 saturated heterocycles. The van der Waals surface area contributed by atoms with Gasteiger partial charge < -0.3 is 5.32 Å². The van der Waals surface area contributed by atoms with Crippen LogP contribution in [0, 0.1) is 0 Å². The van der Waals surface area contributed by atoms with E-state index in [0.29, 0.717) is 6.54 Å². The van der Waals surface area contributed by atoms with Crippen LogP contribution in [0.1, 0.15) is 13.3 Å². The molecule has 0 aromatic carbocycles. The van der Waals surface area contributed by atoms with Gasteiger partial charge >= 0.3 is 6.18 Å². The minimum atomic E-state index is -4.07. The van der Waals surface area contributed by atoms with E-state index in [2.05, 4.69) is 12.2 Å². The van der Waals surface area contributed by atoms with Crippen LogP contribution in [-0.4, -0.2) is 30.8 Å². The van der Waals surface area contributed by atoms with Gasteiger partial charge in [0.2, 0.25) is 0 Å². The van der Waals surface area contributed by atoms with Crippen molar-refractivity contribution in [3.05, 3.63) is 0 Å². The van der Waals surface area contributed by atoms with E-state index in [4.69, 9.17) is 0 Å². The highest BCUT2D eigenvalue weighted by Gasteiger charge is 2.25. The Morgan fingerprint density at radius 2 is 1.92 bits per heavy atom. The summed E-state index contributed by atoms with van der Waals surface area (Å²) in [4.78, 5) is 0. The first-order valence-corrected chi connectivity index (χ1v) is 5.07. The lowest BCUT2D eigenvalue weighted by molar-refractivity contribution is -0.124. The van der Waals surface area contributed by atoms with Crippen molar-refractivity contribution in [1.29, 1.82) is 0 Å². The fourth-order valence-electron chi connectivity index (χ4n) is 0.621. The summed E-state index contributed by atoms with van der Waals surface area (Å²) in [5.41, 5.74) is 0. The predicted molar refractivity (Wildman–Crippen MR) is 46.5 cm³/mol. The van der Waals surface area contributed by atoms with E-state index in [-0.39, 0.29) is 0 Å². The largest absolute Gasteiger partial charge is 0.401 e. The summed E-state index contributed by atoms with van der Waals surface area (Å²) in [5.74, 6) is 1.78. The number of thioether (sulfide) groups is 1. The number of nitrogens with one attached hydrogen (secondary N) is 1. The highest BCUT2D eigenvalue weighted by atomic mass is 32.2. The van der Waals surface area contributed by atoms with Gasteiger partial charge in [-0.1, -0.05) is 6.92 Å². The van der Waals surface area contributed by atoms with Crippen molar-refractivity contribution >= 4 is 11.8 Å². The molecule has 0 saturated carbocycles. The quantitative estimate of drug-likeness (QED) is 0.662. The number of hydrogen-bond donors (Lipinski definition) is 1. The van der Waals surface area contributed by atoms with Gasteiger partial charge in [-0.25, -0.2) is 0 Å². The molecule has 0 aliphatic carbocycles. The van der Waals surface area contributed by atoms with Crippen LogP contribution in [0.2, 0.25) is 0 Å². The second-order valence-electron chi connectivity index (χ2n) is 2.40. The van der Waals surface area contributed by atoms with Crippen molar-refractivity contribution in [1.82, 2.24) is 5.32 Å². The highest BCUT2D eigenvalue weighted by molar-refractivity contribution is 7.99. The van der Waals surface area contributed by atoms with Gasteiger partial charge in [-0.05, 0) is 12.2 Å². The summed E-state index contributed by atoms with van der Waals surface area (Å²) in [6, 6.07) is 0. The fraction of sp³-hybridized carbons (Fsp3) is 1.00. The minimum absolute atomic E-state index is 0.435. The van der Waals surface area contributed by atoms with Gasteiger partial charge in [0.1, 0.15) is 0 Å². The number of rotatable bonds is 6. The molecule has 0 aromatic heterocycles. The summed E-state index contributed by atoms with van der Waals surface area (Å²) in [7, 11) is 0. The summed E-state index contributed by atoms with van der Waals surface area (Å²) < 4.78 is 34.7. The zero-order chi connectivity index (χ0) is 9.45. The molecule has 0 radical (unpaired) electrons.